The molecule has 2 aromatic carbocycles. The highest BCUT2D eigenvalue weighted by Crippen LogP contribution is 2.33. The fourth-order valence-corrected chi connectivity index (χ4v) is 3.38. The number of aliphatic imine (C=N–C) groups is 1. The lowest BCUT2D eigenvalue weighted by molar-refractivity contribution is -0.133. The molecule has 4 heteroatoms. The van der Waals surface area contributed by atoms with Gasteiger partial charge in [-0.2, -0.15) is 0 Å². The zero-order chi connectivity index (χ0) is 14.9. The Hall–Kier alpha value is -2.36. The summed E-state index contributed by atoms with van der Waals surface area (Å²) in [6.07, 6.45) is 3.29. The fourth-order valence-electron chi connectivity index (χ4n) is 3.38. The Morgan fingerprint density at radius 1 is 1.09 bits per heavy atom. The minimum absolute atomic E-state index is 0.0872. The molecule has 112 valence electrons. The van der Waals surface area contributed by atoms with Crippen molar-refractivity contribution in [1.29, 1.82) is 0 Å². The van der Waals surface area contributed by atoms with E-state index >= 15 is 0 Å². The average molecular weight is 294 g/mol. The van der Waals surface area contributed by atoms with Crippen LogP contribution in [0.25, 0.3) is 10.8 Å². The van der Waals surface area contributed by atoms with Gasteiger partial charge >= 0.3 is 0 Å². The summed E-state index contributed by atoms with van der Waals surface area (Å²) in [7, 11) is 0. The third-order valence-corrected chi connectivity index (χ3v) is 4.52. The van der Waals surface area contributed by atoms with Gasteiger partial charge in [0.25, 0.3) is 5.91 Å². The first-order valence-corrected chi connectivity index (χ1v) is 7.78. The van der Waals surface area contributed by atoms with E-state index < -0.39 is 6.04 Å². The van der Waals surface area contributed by atoms with Crippen LogP contribution in [-0.4, -0.2) is 36.3 Å². The predicted octanol–water partition coefficient (Wildman–Crippen LogP) is 2.93. The summed E-state index contributed by atoms with van der Waals surface area (Å²) in [4.78, 5) is 18.9. The first kappa shape index (κ1) is 13.3. The first-order valence-electron chi connectivity index (χ1n) is 7.78. The van der Waals surface area contributed by atoms with Crippen LogP contribution in [0.5, 0.6) is 0 Å². The number of benzene rings is 2. The van der Waals surface area contributed by atoms with Crippen LogP contribution in [-0.2, 0) is 9.53 Å². The number of hydrogen-bond donors (Lipinski definition) is 0. The predicted molar refractivity (Wildman–Crippen MR) is 85.9 cm³/mol. The largest absolute Gasteiger partial charge is 0.473 e. The molecule has 2 atom stereocenters. The molecule has 1 amide bonds. The molecule has 4 rings (SSSR count). The molecule has 0 aromatic heterocycles. The zero-order valence-electron chi connectivity index (χ0n) is 12.3. The Labute approximate surface area is 129 Å². The molecule has 2 heterocycles. The van der Waals surface area contributed by atoms with Crippen molar-refractivity contribution < 1.29 is 9.53 Å². The number of fused-ring (bicyclic) bond motifs is 1. The van der Waals surface area contributed by atoms with E-state index in [2.05, 4.69) is 23.2 Å². The molecule has 0 N–H and O–H groups in total. The Morgan fingerprint density at radius 2 is 1.86 bits per heavy atom. The van der Waals surface area contributed by atoms with Crippen LogP contribution in [0.3, 0.4) is 0 Å². The maximum Gasteiger partial charge on any atom is 0.251 e. The lowest BCUT2D eigenvalue weighted by Gasteiger charge is -2.23. The quantitative estimate of drug-likeness (QED) is 0.854. The molecule has 0 aliphatic carbocycles. The molecule has 0 bridgehead atoms. The summed E-state index contributed by atoms with van der Waals surface area (Å²) in [6, 6.07) is 13.8. The van der Waals surface area contributed by atoms with Gasteiger partial charge in [0.1, 0.15) is 0 Å². The van der Waals surface area contributed by atoms with Crippen LogP contribution in [0.15, 0.2) is 47.5 Å². The second-order valence-corrected chi connectivity index (χ2v) is 5.86. The lowest BCUT2D eigenvalue weighted by Crippen LogP contribution is -2.38. The van der Waals surface area contributed by atoms with Crippen molar-refractivity contribution in [2.24, 2.45) is 4.99 Å². The van der Waals surface area contributed by atoms with Crippen LogP contribution >= 0.6 is 0 Å². The van der Waals surface area contributed by atoms with Crippen molar-refractivity contribution >= 4 is 23.1 Å². The number of likely N-dealkylation sites (tertiary alicyclic amines) is 1. The third kappa shape index (κ3) is 2.15. The van der Waals surface area contributed by atoms with Crippen molar-refractivity contribution in [2.45, 2.75) is 25.0 Å². The molecule has 1 unspecified atom stereocenters. The Morgan fingerprint density at radius 3 is 2.73 bits per heavy atom. The van der Waals surface area contributed by atoms with Gasteiger partial charge in [-0.05, 0) is 23.6 Å². The van der Waals surface area contributed by atoms with Crippen molar-refractivity contribution in [1.82, 2.24) is 4.90 Å². The molecule has 2 aliphatic rings. The molecule has 0 saturated carbocycles. The van der Waals surface area contributed by atoms with Crippen molar-refractivity contribution in [3.8, 4) is 0 Å². The number of carbonyl (C=O) groups is 1. The summed E-state index contributed by atoms with van der Waals surface area (Å²) in [5, 5.41) is 2.28. The van der Waals surface area contributed by atoms with Gasteiger partial charge in [0.2, 0.25) is 0 Å². The zero-order valence-corrected chi connectivity index (χ0v) is 12.3. The normalized spacial score (nSPS) is 23.9. The van der Waals surface area contributed by atoms with E-state index in [9.17, 15) is 4.79 Å². The lowest BCUT2D eigenvalue weighted by atomic mass is 9.96. The smallest absolute Gasteiger partial charge is 0.251 e. The molecular weight excluding hydrogens is 276 g/mol. The first-order chi connectivity index (χ1) is 10.8. The van der Waals surface area contributed by atoms with E-state index in [-0.39, 0.29) is 12.0 Å². The Bertz CT molecular complexity index is 729. The molecule has 0 spiro atoms. The molecular formula is C18H18N2O2. The summed E-state index contributed by atoms with van der Waals surface area (Å²) in [5.41, 5.74) is 1.04. The van der Waals surface area contributed by atoms with Gasteiger partial charge in [-0.25, -0.2) is 4.99 Å². The topological polar surface area (TPSA) is 41.9 Å². The molecule has 4 nitrogen and oxygen atoms in total. The summed E-state index contributed by atoms with van der Waals surface area (Å²) in [5.74, 6) is 0.0872. The maximum atomic E-state index is 12.7. The van der Waals surface area contributed by atoms with E-state index in [0.717, 1.165) is 42.3 Å². The third-order valence-electron chi connectivity index (χ3n) is 4.52. The average Bonchev–Trinajstić information content (AvgIpc) is 3.25. The fraction of sp³-hybridized carbons (Fsp3) is 0.333. The molecule has 2 aromatic rings. The van der Waals surface area contributed by atoms with E-state index in [1.807, 2.05) is 29.2 Å². The number of nitrogens with zero attached hydrogens (tertiary/aromatic N) is 2. The van der Waals surface area contributed by atoms with Gasteiger partial charge in [0, 0.05) is 18.7 Å². The van der Waals surface area contributed by atoms with Gasteiger partial charge in [-0.1, -0.05) is 42.5 Å². The highest BCUT2D eigenvalue weighted by Gasteiger charge is 2.37. The second-order valence-electron chi connectivity index (χ2n) is 5.86. The van der Waals surface area contributed by atoms with Gasteiger partial charge in [0.05, 0.1) is 0 Å². The molecule has 0 radical (unpaired) electrons. The molecule has 2 aliphatic heterocycles. The monoisotopic (exact) mass is 294 g/mol. The van der Waals surface area contributed by atoms with Crippen LogP contribution < -0.4 is 0 Å². The standard InChI is InChI=1S/C18H18N2O2/c21-18(20-10-3-4-11-20)16-17(22-12-19-16)15-9-5-7-13-6-1-2-8-14(13)15/h1-2,5-9,12,16-17H,3-4,10-11H2/t16-,17?/m0/s1. The van der Waals surface area contributed by atoms with Gasteiger partial charge in [0.15, 0.2) is 18.5 Å². The molecule has 22 heavy (non-hydrogen) atoms. The highest BCUT2D eigenvalue weighted by molar-refractivity contribution is 5.90. The minimum atomic E-state index is -0.455. The number of carbonyl (C=O) groups excluding carboxylic acids is 1. The molecule has 1 saturated heterocycles. The maximum absolute atomic E-state index is 12.7. The highest BCUT2D eigenvalue weighted by atomic mass is 16.5. The number of amides is 1. The Kier molecular flexibility index (Phi) is 3.29. The minimum Gasteiger partial charge on any atom is -0.473 e. The summed E-state index contributed by atoms with van der Waals surface area (Å²) in [6.45, 7) is 1.68. The van der Waals surface area contributed by atoms with Gasteiger partial charge in [-0.15, -0.1) is 0 Å². The van der Waals surface area contributed by atoms with E-state index in [1.165, 1.54) is 6.40 Å². The van der Waals surface area contributed by atoms with Crippen molar-refractivity contribution in [3.63, 3.8) is 0 Å². The number of hydrogen-bond acceptors (Lipinski definition) is 3. The van der Waals surface area contributed by atoms with Crippen LogP contribution in [0.1, 0.15) is 24.5 Å². The summed E-state index contributed by atoms with van der Waals surface area (Å²) >= 11 is 0. The second kappa shape index (κ2) is 5.44. The SMILES string of the molecule is O=C([C@H]1N=COC1c1cccc2ccccc12)N1CCCC1. The number of ether oxygens (including phenoxy) is 1. The van der Waals surface area contributed by atoms with Crippen molar-refractivity contribution in [3.05, 3.63) is 48.0 Å². The van der Waals surface area contributed by atoms with Crippen LogP contribution in [0.4, 0.5) is 0 Å². The van der Waals surface area contributed by atoms with Crippen LogP contribution in [0, 0.1) is 0 Å². The summed E-state index contributed by atoms with van der Waals surface area (Å²) < 4.78 is 5.70. The van der Waals surface area contributed by atoms with E-state index in [4.69, 9.17) is 4.74 Å². The van der Waals surface area contributed by atoms with Gasteiger partial charge < -0.3 is 9.64 Å². The van der Waals surface area contributed by atoms with Crippen LogP contribution in [0.2, 0.25) is 0 Å². The van der Waals surface area contributed by atoms with Gasteiger partial charge in [-0.3, -0.25) is 4.79 Å². The van der Waals surface area contributed by atoms with Crippen molar-refractivity contribution in [2.75, 3.05) is 13.1 Å². The molecule has 1 fully saturated rings. The van der Waals surface area contributed by atoms with E-state index in [1.54, 1.807) is 0 Å². The number of rotatable bonds is 2. The Balaban J connectivity index is 1.70. The van der Waals surface area contributed by atoms with E-state index in [0.29, 0.717) is 0 Å².